The largest absolute Gasteiger partial charge is 0.387 e. The Bertz CT molecular complexity index is 261. The van der Waals surface area contributed by atoms with Crippen molar-refractivity contribution in [3.63, 3.8) is 0 Å². The number of aromatic nitrogens is 1. The second kappa shape index (κ2) is 2.70. The van der Waals surface area contributed by atoms with E-state index < -0.39 is 0 Å². The van der Waals surface area contributed by atoms with Crippen LogP contribution >= 0.6 is 0 Å². The summed E-state index contributed by atoms with van der Waals surface area (Å²) in [6.07, 6.45) is -0.387. The van der Waals surface area contributed by atoms with Gasteiger partial charge in [0, 0.05) is 11.4 Å². The van der Waals surface area contributed by atoms with Crippen LogP contribution in [0, 0.1) is 20.8 Å². The molecule has 0 spiro atoms. The summed E-state index contributed by atoms with van der Waals surface area (Å²) in [5.74, 6) is 0. The number of hydrogen-bond donors (Lipinski definition) is 2. The van der Waals surface area contributed by atoms with Crippen LogP contribution in [0.25, 0.3) is 0 Å². The van der Waals surface area contributed by atoms with Crippen molar-refractivity contribution < 1.29 is 5.11 Å². The Labute approximate surface area is 67.3 Å². The van der Waals surface area contributed by atoms with Gasteiger partial charge in [-0.2, -0.15) is 0 Å². The standard InChI is InChI=1S/C9H15NO/c1-5-6(2)9(8(4)11)10-7(5)3/h8,10-11H,1-4H3/t8-/m1/s1. The van der Waals surface area contributed by atoms with Crippen molar-refractivity contribution in [2.24, 2.45) is 0 Å². The van der Waals surface area contributed by atoms with Gasteiger partial charge in [-0.3, -0.25) is 0 Å². The van der Waals surface area contributed by atoms with E-state index in [9.17, 15) is 5.11 Å². The van der Waals surface area contributed by atoms with Gasteiger partial charge in [0.05, 0.1) is 6.10 Å². The predicted octanol–water partition coefficient (Wildman–Crippen LogP) is 1.99. The van der Waals surface area contributed by atoms with Crippen LogP contribution in [0.15, 0.2) is 0 Å². The summed E-state index contributed by atoms with van der Waals surface area (Å²) < 4.78 is 0. The minimum absolute atomic E-state index is 0.387. The van der Waals surface area contributed by atoms with E-state index in [4.69, 9.17) is 0 Å². The van der Waals surface area contributed by atoms with Gasteiger partial charge in [0.25, 0.3) is 0 Å². The van der Waals surface area contributed by atoms with Gasteiger partial charge in [-0.25, -0.2) is 0 Å². The van der Waals surface area contributed by atoms with Crippen LogP contribution < -0.4 is 0 Å². The van der Waals surface area contributed by atoms with Gasteiger partial charge in [-0.05, 0) is 38.8 Å². The molecule has 11 heavy (non-hydrogen) atoms. The Morgan fingerprint density at radius 2 is 1.73 bits per heavy atom. The zero-order valence-electron chi connectivity index (χ0n) is 7.52. The second-order valence-corrected chi connectivity index (χ2v) is 3.09. The molecule has 2 N–H and O–H groups in total. The molecule has 0 saturated carbocycles. The topological polar surface area (TPSA) is 36.0 Å². The van der Waals surface area contributed by atoms with Crippen LogP contribution in [0.4, 0.5) is 0 Å². The van der Waals surface area contributed by atoms with E-state index in [2.05, 4.69) is 11.9 Å². The number of aliphatic hydroxyl groups excluding tert-OH is 1. The van der Waals surface area contributed by atoms with Crippen molar-refractivity contribution in [3.05, 3.63) is 22.5 Å². The summed E-state index contributed by atoms with van der Waals surface area (Å²) in [4.78, 5) is 3.16. The molecule has 2 heteroatoms. The third kappa shape index (κ3) is 1.31. The molecule has 0 radical (unpaired) electrons. The van der Waals surface area contributed by atoms with Crippen molar-refractivity contribution >= 4 is 0 Å². The highest BCUT2D eigenvalue weighted by Gasteiger charge is 2.10. The first-order chi connectivity index (χ1) is 5.04. The molecule has 0 bridgehead atoms. The lowest BCUT2D eigenvalue weighted by Gasteiger charge is -2.01. The first kappa shape index (κ1) is 8.34. The van der Waals surface area contributed by atoms with Gasteiger partial charge >= 0.3 is 0 Å². The summed E-state index contributed by atoms with van der Waals surface area (Å²) >= 11 is 0. The first-order valence-electron chi connectivity index (χ1n) is 3.87. The average Bonchev–Trinajstić information content (AvgIpc) is 2.17. The highest BCUT2D eigenvalue weighted by atomic mass is 16.3. The van der Waals surface area contributed by atoms with E-state index >= 15 is 0 Å². The molecule has 2 nitrogen and oxygen atoms in total. The molecular weight excluding hydrogens is 138 g/mol. The molecule has 0 aliphatic carbocycles. The Kier molecular flexibility index (Phi) is 2.05. The number of hydrogen-bond acceptors (Lipinski definition) is 1. The summed E-state index contributed by atoms with van der Waals surface area (Å²) in [5, 5.41) is 9.31. The maximum Gasteiger partial charge on any atom is 0.0912 e. The fourth-order valence-corrected chi connectivity index (χ4v) is 1.29. The van der Waals surface area contributed by atoms with E-state index in [1.807, 2.05) is 13.8 Å². The smallest absolute Gasteiger partial charge is 0.0912 e. The monoisotopic (exact) mass is 153 g/mol. The number of H-pyrrole nitrogens is 1. The summed E-state index contributed by atoms with van der Waals surface area (Å²) in [6, 6.07) is 0. The van der Waals surface area contributed by atoms with Crippen molar-refractivity contribution in [1.29, 1.82) is 0 Å². The van der Waals surface area contributed by atoms with E-state index in [-0.39, 0.29) is 6.10 Å². The van der Waals surface area contributed by atoms with Crippen LogP contribution in [-0.4, -0.2) is 10.1 Å². The van der Waals surface area contributed by atoms with E-state index in [1.165, 1.54) is 11.1 Å². The highest BCUT2D eigenvalue weighted by Crippen LogP contribution is 2.21. The van der Waals surface area contributed by atoms with Gasteiger partial charge in [-0.15, -0.1) is 0 Å². The minimum Gasteiger partial charge on any atom is -0.387 e. The van der Waals surface area contributed by atoms with Crippen LogP contribution in [0.2, 0.25) is 0 Å². The third-order valence-electron chi connectivity index (χ3n) is 2.27. The number of aryl methyl sites for hydroxylation is 1. The maximum absolute atomic E-state index is 9.31. The molecule has 0 aliphatic heterocycles. The van der Waals surface area contributed by atoms with E-state index in [0.29, 0.717) is 0 Å². The van der Waals surface area contributed by atoms with Gasteiger partial charge < -0.3 is 10.1 Å². The van der Waals surface area contributed by atoms with Gasteiger partial charge in [-0.1, -0.05) is 0 Å². The van der Waals surface area contributed by atoms with E-state index in [1.54, 1.807) is 6.92 Å². The lowest BCUT2D eigenvalue weighted by molar-refractivity contribution is 0.194. The number of aromatic amines is 1. The zero-order valence-corrected chi connectivity index (χ0v) is 7.52. The molecular formula is C9H15NO. The van der Waals surface area contributed by atoms with Crippen molar-refractivity contribution in [3.8, 4) is 0 Å². The SMILES string of the molecule is Cc1[nH]c([C@@H](C)O)c(C)c1C. The summed E-state index contributed by atoms with van der Waals surface area (Å²) in [7, 11) is 0. The Morgan fingerprint density at radius 3 is 1.91 bits per heavy atom. The number of rotatable bonds is 1. The van der Waals surface area contributed by atoms with Crippen LogP contribution in [0.5, 0.6) is 0 Å². The molecule has 0 aliphatic rings. The van der Waals surface area contributed by atoms with Crippen molar-refractivity contribution in [2.75, 3.05) is 0 Å². The van der Waals surface area contributed by atoms with Gasteiger partial charge in [0.15, 0.2) is 0 Å². The van der Waals surface area contributed by atoms with Gasteiger partial charge in [0.1, 0.15) is 0 Å². The Hall–Kier alpha value is -0.760. The third-order valence-corrected chi connectivity index (χ3v) is 2.27. The zero-order chi connectivity index (χ0) is 8.59. The van der Waals surface area contributed by atoms with Crippen LogP contribution in [0.3, 0.4) is 0 Å². The number of aliphatic hydroxyl groups is 1. The highest BCUT2D eigenvalue weighted by molar-refractivity contribution is 5.34. The Balaban J connectivity index is 3.19. The summed E-state index contributed by atoms with van der Waals surface area (Å²) in [5.41, 5.74) is 4.52. The average molecular weight is 153 g/mol. The van der Waals surface area contributed by atoms with Gasteiger partial charge in [0.2, 0.25) is 0 Å². The van der Waals surface area contributed by atoms with Crippen molar-refractivity contribution in [1.82, 2.24) is 4.98 Å². The molecule has 0 amide bonds. The molecule has 0 unspecified atom stereocenters. The fourth-order valence-electron chi connectivity index (χ4n) is 1.29. The molecule has 1 aromatic rings. The molecule has 0 aromatic carbocycles. The molecule has 1 heterocycles. The summed E-state index contributed by atoms with van der Waals surface area (Å²) in [6.45, 7) is 7.89. The predicted molar refractivity (Wildman–Crippen MR) is 45.6 cm³/mol. The lowest BCUT2D eigenvalue weighted by Crippen LogP contribution is -1.93. The minimum atomic E-state index is -0.387. The molecule has 1 rings (SSSR count). The molecule has 0 saturated heterocycles. The normalized spacial score (nSPS) is 13.5. The number of nitrogens with one attached hydrogen (secondary N) is 1. The second-order valence-electron chi connectivity index (χ2n) is 3.09. The fraction of sp³-hybridized carbons (Fsp3) is 0.556. The molecule has 1 aromatic heterocycles. The van der Waals surface area contributed by atoms with Crippen LogP contribution in [-0.2, 0) is 0 Å². The quantitative estimate of drug-likeness (QED) is 0.636. The lowest BCUT2D eigenvalue weighted by atomic mass is 10.1. The Morgan fingerprint density at radius 1 is 1.18 bits per heavy atom. The molecule has 1 atom stereocenters. The van der Waals surface area contributed by atoms with E-state index in [0.717, 1.165) is 11.4 Å². The van der Waals surface area contributed by atoms with Crippen LogP contribution in [0.1, 0.15) is 35.5 Å². The van der Waals surface area contributed by atoms with Crippen molar-refractivity contribution in [2.45, 2.75) is 33.8 Å². The first-order valence-corrected chi connectivity index (χ1v) is 3.87. The molecule has 62 valence electrons. The molecule has 0 fully saturated rings. The maximum atomic E-state index is 9.31.